The summed E-state index contributed by atoms with van der Waals surface area (Å²) in [6.45, 7) is 2.42. The highest BCUT2D eigenvalue weighted by molar-refractivity contribution is 5.42. The van der Waals surface area contributed by atoms with Gasteiger partial charge in [-0.25, -0.2) is 4.39 Å². The Morgan fingerprint density at radius 1 is 1.46 bits per heavy atom. The summed E-state index contributed by atoms with van der Waals surface area (Å²) in [7, 11) is 0. The number of halogens is 1. The van der Waals surface area contributed by atoms with Gasteiger partial charge in [0, 0.05) is 12.2 Å². The first-order chi connectivity index (χ1) is 6.22. The van der Waals surface area contributed by atoms with E-state index in [-0.39, 0.29) is 11.7 Å². The molecule has 1 atom stereocenters. The first-order valence-electron chi connectivity index (χ1n) is 4.11. The lowest BCUT2D eigenvalue weighted by Crippen LogP contribution is -2.08. The van der Waals surface area contributed by atoms with Crippen LogP contribution in [0.5, 0.6) is 0 Å². The van der Waals surface area contributed by atoms with E-state index in [9.17, 15) is 4.39 Å². The lowest BCUT2D eigenvalue weighted by atomic mass is 10.2. The first-order valence-corrected chi connectivity index (χ1v) is 4.11. The molecule has 0 bridgehead atoms. The van der Waals surface area contributed by atoms with E-state index in [1.54, 1.807) is 12.1 Å². The number of benzene rings is 1. The predicted molar refractivity (Wildman–Crippen MR) is 49.7 cm³/mol. The number of nitrogens with zero attached hydrogens (tertiary/aromatic N) is 1. The van der Waals surface area contributed by atoms with Gasteiger partial charge in [-0.2, -0.15) is 5.26 Å². The molecule has 0 aliphatic carbocycles. The number of nitriles is 1. The summed E-state index contributed by atoms with van der Waals surface area (Å²) in [6.07, 6.45) is 0. The van der Waals surface area contributed by atoms with Gasteiger partial charge in [-0.15, -0.1) is 0 Å². The van der Waals surface area contributed by atoms with Crippen molar-refractivity contribution in [1.82, 2.24) is 0 Å². The molecular weight excluding hydrogens is 167 g/mol. The van der Waals surface area contributed by atoms with E-state index in [4.69, 9.17) is 5.26 Å². The predicted octanol–water partition coefficient (Wildman–Crippen LogP) is 2.40. The molecule has 0 saturated carbocycles. The summed E-state index contributed by atoms with van der Waals surface area (Å²) >= 11 is 0. The Bertz CT molecular complexity index is 300. The van der Waals surface area contributed by atoms with Gasteiger partial charge in [0.25, 0.3) is 0 Å². The van der Waals surface area contributed by atoms with Crippen molar-refractivity contribution in [2.45, 2.75) is 6.92 Å². The molecule has 0 spiro atoms. The Kier molecular flexibility index (Phi) is 3.27. The smallest absolute Gasteiger partial charge is 0.123 e. The fourth-order valence-corrected chi connectivity index (χ4v) is 0.884. The molecule has 0 aromatic heterocycles. The molecule has 0 aliphatic rings. The molecule has 1 unspecified atom stereocenters. The number of hydrogen-bond acceptors (Lipinski definition) is 2. The quantitative estimate of drug-likeness (QED) is 0.771. The van der Waals surface area contributed by atoms with Crippen molar-refractivity contribution in [1.29, 1.82) is 5.26 Å². The summed E-state index contributed by atoms with van der Waals surface area (Å²) in [4.78, 5) is 0. The summed E-state index contributed by atoms with van der Waals surface area (Å²) in [6, 6.07) is 8.19. The SMILES string of the molecule is CC(C#N)CNc1ccc(F)cc1. The Balaban J connectivity index is 2.47. The molecule has 0 radical (unpaired) electrons. The van der Waals surface area contributed by atoms with E-state index in [1.165, 1.54) is 12.1 Å². The lowest BCUT2D eigenvalue weighted by molar-refractivity contribution is 0.628. The van der Waals surface area contributed by atoms with Gasteiger partial charge in [0.15, 0.2) is 0 Å². The fourth-order valence-electron chi connectivity index (χ4n) is 0.884. The molecule has 1 aromatic rings. The van der Waals surface area contributed by atoms with E-state index in [0.29, 0.717) is 6.54 Å². The van der Waals surface area contributed by atoms with Crippen molar-refractivity contribution in [2.24, 2.45) is 5.92 Å². The van der Waals surface area contributed by atoms with Crippen LogP contribution in [-0.2, 0) is 0 Å². The minimum atomic E-state index is -0.251. The largest absolute Gasteiger partial charge is 0.384 e. The van der Waals surface area contributed by atoms with E-state index < -0.39 is 0 Å². The Morgan fingerprint density at radius 3 is 2.62 bits per heavy atom. The zero-order valence-electron chi connectivity index (χ0n) is 7.42. The molecule has 3 heteroatoms. The maximum Gasteiger partial charge on any atom is 0.123 e. The third-order valence-electron chi connectivity index (χ3n) is 1.68. The van der Waals surface area contributed by atoms with Crippen LogP contribution in [0.25, 0.3) is 0 Å². The second-order valence-corrected chi connectivity index (χ2v) is 2.92. The molecule has 13 heavy (non-hydrogen) atoms. The van der Waals surface area contributed by atoms with E-state index in [2.05, 4.69) is 11.4 Å². The van der Waals surface area contributed by atoms with Crippen molar-refractivity contribution in [3.8, 4) is 6.07 Å². The monoisotopic (exact) mass is 178 g/mol. The molecule has 0 saturated heterocycles. The maximum absolute atomic E-state index is 12.5. The average Bonchev–Trinajstić information content (AvgIpc) is 2.16. The minimum absolute atomic E-state index is 0.0370. The molecule has 0 fully saturated rings. The number of anilines is 1. The second-order valence-electron chi connectivity index (χ2n) is 2.92. The van der Waals surface area contributed by atoms with Gasteiger partial charge < -0.3 is 5.32 Å². The second kappa shape index (κ2) is 4.46. The maximum atomic E-state index is 12.5. The van der Waals surface area contributed by atoms with Gasteiger partial charge in [-0.1, -0.05) is 0 Å². The van der Waals surface area contributed by atoms with Gasteiger partial charge in [0.1, 0.15) is 5.82 Å². The molecule has 0 aliphatic heterocycles. The molecule has 68 valence electrons. The summed E-state index contributed by atoms with van der Waals surface area (Å²) in [5.41, 5.74) is 0.837. The highest BCUT2D eigenvalue weighted by Gasteiger charge is 1.98. The summed E-state index contributed by atoms with van der Waals surface area (Å²) < 4.78 is 12.5. The van der Waals surface area contributed by atoms with Crippen molar-refractivity contribution >= 4 is 5.69 Å². The topological polar surface area (TPSA) is 35.8 Å². The van der Waals surface area contributed by atoms with Crippen LogP contribution in [0.15, 0.2) is 24.3 Å². The average molecular weight is 178 g/mol. The van der Waals surface area contributed by atoms with Crippen molar-refractivity contribution < 1.29 is 4.39 Å². The van der Waals surface area contributed by atoms with Crippen LogP contribution < -0.4 is 5.32 Å². The van der Waals surface area contributed by atoms with Crippen molar-refractivity contribution in [3.63, 3.8) is 0 Å². The Hall–Kier alpha value is -1.56. The van der Waals surface area contributed by atoms with Gasteiger partial charge in [-0.3, -0.25) is 0 Å². The van der Waals surface area contributed by atoms with Crippen LogP contribution in [0.3, 0.4) is 0 Å². The van der Waals surface area contributed by atoms with Crippen LogP contribution in [0.2, 0.25) is 0 Å². The normalized spacial score (nSPS) is 11.8. The van der Waals surface area contributed by atoms with Gasteiger partial charge in [0.2, 0.25) is 0 Å². The number of nitrogens with one attached hydrogen (secondary N) is 1. The van der Waals surface area contributed by atoms with Gasteiger partial charge in [-0.05, 0) is 31.2 Å². The van der Waals surface area contributed by atoms with Crippen LogP contribution in [0.1, 0.15) is 6.92 Å². The molecule has 1 N–H and O–H groups in total. The van der Waals surface area contributed by atoms with E-state index in [1.807, 2.05) is 6.92 Å². The fraction of sp³-hybridized carbons (Fsp3) is 0.300. The lowest BCUT2D eigenvalue weighted by Gasteiger charge is -2.06. The molecule has 0 amide bonds. The van der Waals surface area contributed by atoms with Crippen LogP contribution in [0, 0.1) is 23.1 Å². The highest BCUT2D eigenvalue weighted by atomic mass is 19.1. The minimum Gasteiger partial charge on any atom is -0.384 e. The molecule has 2 nitrogen and oxygen atoms in total. The van der Waals surface area contributed by atoms with Crippen LogP contribution in [0.4, 0.5) is 10.1 Å². The Morgan fingerprint density at radius 2 is 2.08 bits per heavy atom. The zero-order valence-corrected chi connectivity index (χ0v) is 7.42. The third-order valence-corrected chi connectivity index (χ3v) is 1.68. The van der Waals surface area contributed by atoms with Gasteiger partial charge in [0.05, 0.1) is 12.0 Å². The number of hydrogen-bond donors (Lipinski definition) is 1. The van der Waals surface area contributed by atoms with Crippen LogP contribution in [-0.4, -0.2) is 6.54 Å². The standard InChI is InChI=1S/C10H11FN2/c1-8(6-12)7-13-10-4-2-9(11)3-5-10/h2-5,8,13H,7H2,1H3. The highest BCUT2D eigenvalue weighted by Crippen LogP contribution is 2.08. The third kappa shape index (κ3) is 3.12. The molecular formula is C10H11FN2. The van der Waals surface area contributed by atoms with Crippen molar-refractivity contribution in [3.05, 3.63) is 30.1 Å². The zero-order chi connectivity index (χ0) is 9.68. The summed E-state index contributed by atoms with van der Waals surface area (Å²) in [5.74, 6) is -0.288. The Labute approximate surface area is 77.0 Å². The first kappa shape index (κ1) is 9.53. The molecule has 1 rings (SSSR count). The van der Waals surface area contributed by atoms with Crippen LogP contribution >= 0.6 is 0 Å². The number of rotatable bonds is 3. The molecule has 1 aromatic carbocycles. The van der Waals surface area contributed by atoms with E-state index in [0.717, 1.165) is 5.69 Å². The summed E-state index contributed by atoms with van der Waals surface area (Å²) in [5, 5.41) is 11.5. The van der Waals surface area contributed by atoms with Crippen molar-refractivity contribution in [2.75, 3.05) is 11.9 Å². The molecule has 0 heterocycles. The van der Waals surface area contributed by atoms with E-state index >= 15 is 0 Å². The van der Waals surface area contributed by atoms with Gasteiger partial charge >= 0.3 is 0 Å².